The number of anilines is 1. The number of nitrogens with one attached hydrogen (secondary N) is 1. The number of hydrogen-bond acceptors (Lipinski definition) is 3. The molecule has 5 heteroatoms. The van der Waals surface area contributed by atoms with Crippen LogP contribution in [0, 0.1) is 5.82 Å². The van der Waals surface area contributed by atoms with Crippen LogP contribution in [0.2, 0.25) is 0 Å². The molecule has 0 spiro atoms. The van der Waals surface area contributed by atoms with E-state index in [0.717, 1.165) is 0 Å². The molecule has 0 aromatic heterocycles. The normalized spacial score (nSPS) is 9.90. The van der Waals surface area contributed by atoms with Crippen LogP contribution in [0.4, 0.5) is 10.1 Å². The van der Waals surface area contributed by atoms with Gasteiger partial charge in [0.1, 0.15) is 5.82 Å². The summed E-state index contributed by atoms with van der Waals surface area (Å²) in [5.41, 5.74) is 1.25. The second-order valence-electron chi connectivity index (χ2n) is 4.03. The first kappa shape index (κ1) is 13.7. The molecular weight excluding hydrogens is 261 g/mol. The van der Waals surface area contributed by atoms with E-state index in [0.29, 0.717) is 16.8 Å². The van der Waals surface area contributed by atoms with Crippen LogP contribution in [0.25, 0.3) is 0 Å². The first-order chi connectivity index (χ1) is 9.60. The summed E-state index contributed by atoms with van der Waals surface area (Å²) in [6.45, 7) is 0. The molecule has 2 aromatic rings. The van der Waals surface area contributed by atoms with Crippen LogP contribution < -0.4 is 5.32 Å². The predicted octanol–water partition coefficient (Wildman–Crippen LogP) is 2.86. The summed E-state index contributed by atoms with van der Waals surface area (Å²) in [7, 11) is 1.29. The van der Waals surface area contributed by atoms with E-state index in [2.05, 4.69) is 10.1 Å². The fourth-order valence-corrected chi connectivity index (χ4v) is 1.61. The molecule has 0 atom stereocenters. The Bertz CT molecular complexity index is 621. The minimum Gasteiger partial charge on any atom is -0.465 e. The van der Waals surface area contributed by atoms with Crippen molar-refractivity contribution in [2.75, 3.05) is 12.4 Å². The van der Waals surface area contributed by atoms with E-state index in [9.17, 15) is 14.0 Å². The maximum atomic E-state index is 12.7. The molecule has 0 aliphatic rings. The van der Waals surface area contributed by atoms with Crippen LogP contribution in [-0.4, -0.2) is 19.0 Å². The lowest BCUT2D eigenvalue weighted by molar-refractivity contribution is 0.0600. The van der Waals surface area contributed by atoms with Crippen LogP contribution >= 0.6 is 0 Å². The molecule has 0 bridgehead atoms. The average molecular weight is 273 g/mol. The first-order valence-corrected chi connectivity index (χ1v) is 5.85. The number of carbonyl (C=O) groups excluding carboxylic acids is 2. The maximum absolute atomic E-state index is 12.7. The van der Waals surface area contributed by atoms with Gasteiger partial charge >= 0.3 is 5.97 Å². The van der Waals surface area contributed by atoms with Gasteiger partial charge in [0.25, 0.3) is 5.91 Å². The minimum atomic E-state index is -0.463. The van der Waals surface area contributed by atoms with E-state index in [4.69, 9.17) is 0 Å². The first-order valence-electron chi connectivity index (χ1n) is 5.85. The SMILES string of the molecule is COC(=O)c1ccc(C(=O)Nc2ccc(F)cc2)cc1. The molecule has 0 fully saturated rings. The minimum absolute atomic E-state index is 0.340. The van der Waals surface area contributed by atoms with Gasteiger partial charge < -0.3 is 10.1 Å². The molecule has 0 aliphatic heterocycles. The van der Waals surface area contributed by atoms with Gasteiger partial charge in [-0.15, -0.1) is 0 Å². The summed E-state index contributed by atoms with van der Waals surface area (Å²) in [4.78, 5) is 23.2. The number of esters is 1. The van der Waals surface area contributed by atoms with Crippen molar-refractivity contribution >= 4 is 17.6 Å². The Hall–Kier alpha value is -2.69. The highest BCUT2D eigenvalue weighted by Crippen LogP contribution is 2.11. The number of amides is 1. The zero-order chi connectivity index (χ0) is 14.5. The fourth-order valence-electron chi connectivity index (χ4n) is 1.61. The van der Waals surface area contributed by atoms with Crippen molar-refractivity contribution in [2.24, 2.45) is 0 Å². The lowest BCUT2D eigenvalue weighted by Gasteiger charge is -2.05. The Labute approximate surface area is 115 Å². The Morgan fingerprint density at radius 2 is 1.50 bits per heavy atom. The Morgan fingerprint density at radius 1 is 0.950 bits per heavy atom. The molecule has 0 heterocycles. The highest BCUT2D eigenvalue weighted by Gasteiger charge is 2.09. The van der Waals surface area contributed by atoms with Gasteiger partial charge in [0.2, 0.25) is 0 Å². The summed E-state index contributed by atoms with van der Waals surface area (Å²) >= 11 is 0. The van der Waals surface area contributed by atoms with Gasteiger partial charge in [-0.05, 0) is 48.5 Å². The van der Waals surface area contributed by atoms with Crippen molar-refractivity contribution in [3.05, 3.63) is 65.5 Å². The standard InChI is InChI=1S/C15H12FNO3/c1-20-15(19)11-4-2-10(3-5-11)14(18)17-13-8-6-12(16)7-9-13/h2-9H,1H3,(H,17,18). The van der Waals surface area contributed by atoms with Crippen molar-refractivity contribution in [1.82, 2.24) is 0 Å². The summed E-state index contributed by atoms with van der Waals surface area (Å²) in [5, 5.41) is 2.63. The van der Waals surface area contributed by atoms with Gasteiger partial charge in [0, 0.05) is 11.3 Å². The molecule has 2 aromatic carbocycles. The quantitative estimate of drug-likeness (QED) is 0.875. The van der Waals surface area contributed by atoms with Crippen molar-refractivity contribution in [3.63, 3.8) is 0 Å². The Morgan fingerprint density at radius 3 is 2.05 bits per heavy atom. The molecule has 2 rings (SSSR count). The molecule has 4 nitrogen and oxygen atoms in total. The van der Waals surface area contributed by atoms with Gasteiger partial charge in [-0.1, -0.05) is 0 Å². The largest absolute Gasteiger partial charge is 0.465 e. The molecule has 0 saturated carbocycles. The molecule has 20 heavy (non-hydrogen) atoms. The summed E-state index contributed by atoms with van der Waals surface area (Å²) in [6.07, 6.45) is 0. The van der Waals surface area contributed by atoms with E-state index in [1.807, 2.05) is 0 Å². The Kier molecular flexibility index (Phi) is 4.10. The third-order valence-electron chi connectivity index (χ3n) is 2.67. The molecule has 102 valence electrons. The van der Waals surface area contributed by atoms with E-state index >= 15 is 0 Å². The van der Waals surface area contributed by atoms with Crippen LogP contribution in [0.15, 0.2) is 48.5 Å². The number of rotatable bonds is 3. The number of methoxy groups -OCH3 is 1. The second-order valence-corrected chi connectivity index (χ2v) is 4.03. The van der Waals surface area contributed by atoms with Gasteiger partial charge in [-0.2, -0.15) is 0 Å². The number of benzene rings is 2. The monoisotopic (exact) mass is 273 g/mol. The number of ether oxygens (including phenoxy) is 1. The van der Waals surface area contributed by atoms with E-state index < -0.39 is 5.97 Å². The fraction of sp³-hybridized carbons (Fsp3) is 0.0667. The molecule has 0 radical (unpaired) electrons. The van der Waals surface area contributed by atoms with Crippen molar-refractivity contribution < 1.29 is 18.7 Å². The number of carbonyl (C=O) groups is 2. The lowest BCUT2D eigenvalue weighted by Crippen LogP contribution is -2.12. The number of hydrogen-bond donors (Lipinski definition) is 1. The molecule has 1 amide bonds. The van der Waals surface area contributed by atoms with Crippen molar-refractivity contribution in [2.45, 2.75) is 0 Å². The zero-order valence-electron chi connectivity index (χ0n) is 10.7. The van der Waals surface area contributed by atoms with Crippen LogP contribution in [-0.2, 0) is 4.74 Å². The molecular formula is C15H12FNO3. The smallest absolute Gasteiger partial charge is 0.337 e. The zero-order valence-corrected chi connectivity index (χ0v) is 10.7. The van der Waals surface area contributed by atoms with Crippen molar-refractivity contribution in [1.29, 1.82) is 0 Å². The van der Waals surface area contributed by atoms with Crippen LogP contribution in [0.1, 0.15) is 20.7 Å². The van der Waals surface area contributed by atoms with Gasteiger partial charge in [-0.3, -0.25) is 4.79 Å². The molecule has 0 unspecified atom stereocenters. The van der Waals surface area contributed by atoms with Gasteiger partial charge in [-0.25, -0.2) is 9.18 Å². The predicted molar refractivity (Wildman–Crippen MR) is 72.1 cm³/mol. The second kappa shape index (κ2) is 5.97. The lowest BCUT2D eigenvalue weighted by atomic mass is 10.1. The third-order valence-corrected chi connectivity index (χ3v) is 2.67. The van der Waals surface area contributed by atoms with E-state index in [-0.39, 0.29) is 11.7 Å². The van der Waals surface area contributed by atoms with Crippen LogP contribution in [0.5, 0.6) is 0 Å². The summed E-state index contributed by atoms with van der Waals surface area (Å²) < 4.78 is 17.3. The topological polar surface area (TPSA) is 55.4 Å². The highest BCUT2D eigenvalue weighted by molar-refractivity contribution is 6.04. The third kappa shape index (κ3) is 3.20. The highest BCUT2D eigenvalue weighted by atomic mass is 19.1. The summed E-state index contributed by atoms with van der Waals surface area (Å²) in [6, 6.07) is 11.5. The molecule has 0 saturated heterocycles. The number of halogens is 1. The average Bonchev–Trinajstić information content (AvgIpc) is 2.49. The van der Waals surface area contributed by atoms with Crippen molar-refractivity contribution in [3.8, 4) is 0 Å². The van der Waals surface area contributed by atoms with Gasteiger partial charge in [0.05, 0.1) is 12.7 Å². The van der Waals surface area contributed by atoms with Gasteiger partial charge in [0.15, 0.2) is 0 Å². The maximum Gasteiger partial charge on any atom is 0.337 e. The van der Waals surface area contributed by atoms with Crippen LogP contribution in [0.3, 0.4) is 0 Å². The molecule has 0 aliphatic carbocycles. The Balaban J connectivity index is 2.09. The summed E-state index contributed by atoms with van der Waals surface area (Å²) in [5.74, 6) is -1.17. The molecule has 1 N–H and O–H groups in total. The van der Waals surface area contributed by atoms with E-state index in [1.54, 1.807) is 0 Å². The van der Waals surface area contributed by atoms with E-state index in [1.165, 1.54) is 55.6 Å².